The molecule has 35 heavy (non-hydrogen) atoms. The number of carbonyl (C=O) groups is 2. The van der Waals surface area contributed by atoms with Crippen LogP contribution in [0.1, 0.15) is 47.8 Å². The van der Waals surface area contributed by atoms with E-state index < -0.39 is 11.9 Å². The van der Waals surface area contributed by atoms with Crippen LogP contribution in [0.25, 0.3) is 0 Å². The van der Waals surface area contributed by atoms with Crippen LogP contribution in [0.2, 0.25) is 5.15 Å². The Morgan fingerprint density at radius 3 is 2.57 bits per heavy atom. The van der Waals surface area contributed by atoms with E-state index in [-0.39, 0.29) is 28.9 Å². The highest BCUT2D eigenvalue weighted by Crippen LogP contribution is 2.24. The second-order valence-electron chi connectivity index (χ2n) is 8.91. The van der Waals surface area contributed by atoms with Crippen molar-refractivity contribution in [1.29, 1.82) is 0 Å². The fraction of sp³-hybridized carbons (Fsp3) is 0.346. The normalized spacial score (nSPS) is 14.1. The van der Waals surface area contributed by atoms with Crippen molar-refractivity contribution < 1.29 is 14.0 Å². The summed E-state index contributed by atoms with van der Waals surface area (Å²) < 4.78 is 14.7. The number of anilines is 2. The van der Waals surface area contributed by atoms with E-state index in [1.807, 2.05) is 24.3 Å². The Bertz CT molecular complexity index is 1200. The van der Waals surface area contributed by atoms with Crippen molar-refractivity contribution in [2.24, 2.45) is 0 Å². The van der Waals surface area contributed by atoms with Crippen LogP contribution in [-0.2, 0) is 11.3 Å². The molecule has 2 N–H and O–H groups in total. The summed E-state index contributed by atoms with van der Waals surface area (Å²) in [4.78, 5) is 27.8. The van der Waals surface area contributed by atoms with Gasteiger partial charge >= 0.3 is 0 Å². The number of hydrogen-bond donors (Lipinski definition) is 2. The number of benzene rings is 2. The minimum Gasteiger partial charge on any atom is -0.371 e. The van der Waals surface area contributed by atoms with Gasteiger partial charge in [0.2, 0.25) is 5.91 Å². The van der Waals surface area contributed by atoms with E-state index in [1.165, 1.54) is 29.7 Å². The molecular weight excluding hydrogens is 469 g/mol. The summed E-state index contributed by atoms with van der Waals surface area (Å²) in [7, 11) is 0. The molecule has 0 radical (unpaired) electrons. The summed E-state index contributed by atoms with van der Waals surface area (Å²) in [5.41, 5.74) is 3.38. The molecular formula is C26H29ClFN5O2. The van der Waals surface area contributed by atoms with Crippen molar-refractivity contribution in [1.82, 2.24) is 15.1 Å². The van der Waals surface area contributed by atoms with Crippen LogP contribution >= 0.6 is 11.6 Å². The van der Waals surface area contributed by atoms with Gasteiger partial charge in [-0.3, -0.25) is 9.59 Å². The molecule has 0 spiro atoms. The SMILES string of the molecule is Cc1nn(Cc2ccc(F)cc2)c(Cl)c1C(=O)NC(C)CC(=O)Nc1cccc(N2CCCC2)c1. The summed E-state index contributed by atoms with van der Waals surface area (Å²) >= 11 is 6.45. The van der Waals surface area contributed by atoms with Crippen LogP contribution in [0.15, 0.2) is 48.5 Å². The number of rotatable bonds is 8. The van der Waals surface area contributed by atoms with Crippen molar-refractivity contribution in [2.75, 3.05) is 23.3 Å². The van der Waals surface area contributed by atoms with E-state index in [0.29, 0.717) is 12.2 Å². The van der Waals surface area contributed by atoms with Crippen molar-refractivity contribution >= 4 is 34.8 Å². The quantitative estimate of drug-likeness (QED) is 0.469. The average Bonchev–Trinajstić information content (AvgIpc) is 3.43. The molecule has 9 heteroatoms. The molecule has 2 amide bonds. The van der Waals surface area contributed by atoms with E-state index in [0.717, 1.165) is 30.0 Å². The van der Waals surface area contributed by atoms with Crippen LogP contribution in [-0.4, -0.2) is 40.7 Å². The van der Waals surface area contributed by atoms with E-state index in [2.05, 4.69) is 20.6 Å². The monoisotopic (exact) mass is 497 g/mol. The van der Waals surface area contributed by atoms with Crippen molar-refractivity contribution in [3.63, 3.8) is 0 Å². The predicted molar refractivity (Wildman–Crippen MR) is 136 cm³/mol. The lowest BCUT2D eigenvalue weighted by molar-refractivity contribution is -0.116. The molecule has 4 rings (SSSR count). The second kappa shape index (κ2) is 10.9. The van der Waals surface area contributed by atoms with E-state index in [9.17, 15) is 14.0 Å². The highest BCUT2D eigenvalue weighted by atomic mass is 35.5. The third kappa shape index (κ3) is 6.19. The van der Waals surface area contributed by atoms with Gasteiger partial charge < -0.3 is 15.5 Å². The minimum atomic E-state index is -0.417. The summed E-state index contributed by atoms with van der Waals surface area (Å²) in [5, 5.41) is 10.3. The number of nitrogens with one attached hydrogen (secondary N) is 2. The van der Waals surface area contributed by atoms with Crippen LogP contribution in [0.4, 0.5) is 15.8 Å². The molecule has 0 saturated carbocycles. The Labute approximate surface area is 209 Å². The maximum atomic E-state index is 13.2. The lowest BCUT2D eigenvalue weighted by Gasteiger charge is -2.19. The third-order valence-corrected chi connectivity index (χ3v) is 6.39. The first-order valence-corrected chi connectivity index (χ1v) is 12.1. The molecule has 1 fully saturated rings. The van der Waals surface area contributed by atoms with Crippen LogP contribution in [0, 0.1) is 12.7 Å². The molecule has 184 valence electrons. The Morgan fingerprint density at radius 2 is 1.86 bits per heavy atom. The maximum absolute atomic E-state index is 13.2. The van der Waals surface area contributed by atoms with Gasteiger partial charge in [0.15, 0.2) is 0 Å². The molecule has 1 atom stereocenters. The molecule has 2 aromatic carbocycles. The fourth-order valence-corrected chi connectivity index (χ4v) is 4.59. The summed E-state index contributed by atoms with van der Waals surface area (Å²) in [6.07, 6.45) is 2.48. The maximum Gasteiger partial charge on any atom is 0.256 e. The Kier molecular flexibility index (Phi) is 7.70. The zero-order valence-corrected chi connectivity index (χ0v) is 20.6. The number of nitrogens with zero attached hydrogens (tertiary/aromatic N) is 3. The molecule has 0 aliphatic carbocycles. The lowest BCUT2D eigenvalue weighted by atomic mass is 10.2. The topological polar surface area (TPSA) is 79.3 Å². The zero-order valence-electron chi connectivity index (χ0n) is 19.9. The molecule has 3 aromatic rings. The van der Waals surface area contributed by atoms with Gasteiger partial charge in [-0.25, -0.2) is 9.07 Å². The fourth-order valence-electron chi connectivity index (χ4n) is 4.27. The van der Waals surface area contributed by atoms with Crippen LogP contribution < -0.4 is 15.5 Å². The summed E-state index contributed by atoms with van der Waals surface area (Å²) in [5.74, 6) is -0.908. The first-order chi connectivity index (χ1) is 16.8. The Morgan fingerprint density at radius 1 is 1.14 bits per heavy atom. The smallest absolute Gasteiger partial charge is 0.256 e. The standard InChI is InChI=1S/C26H29ClFN5O2/c1-17(14-23(34)30-21-6-5-7-22(15-21)32-12-3-4-13-32)29-26(35)24-18(2)31-33(25(24)27)16-19-8-10-20(28)11-9-19/h5-11,15,17H,3-4,12-14,16H2,1-2H3,(H,29,35)(H,30,34). The van der Waals surface area contributed by atoms with Gasteiger partial charge in [-0.05, 0) is 62.6 Å². The first kappa shape index (κ1) is 24.7. The third-order valence-electron chi connectivity index (χ3n) is 6.01. The first-order valence-electron chi connectivity index (χ1n) is 11.7. The molecule has 7 nitrogen and oxygen atoms in total. The van der Waals surface area contributed by atoms with Gasteiger partial charge in [0.25, 0.3) is 5.91 Å². The van der Waals surface area contributed by atoms with Gasteiger partial charge in [-0.2, -0.15) is 5.10 Å². The highest BCUT2D eigenvalue weighted by molar-refractivity contribution is 6.33. The number of aromatic nitrogens is 2. The molecule has 1 unspecified atom stereocenters. The molecule has 0 bridgehead atoms. The van der Waals surface area contributed by atoms with Gasteiger partial charge in [0, 0.05) is 36.9 Å². The predicted octanol–water partition coefficient (Wildman–Crippen LogP) is 4.78. The molecule has 1 aromatic heterocycles. The molecule has 2 heterocycles. The van der Waals surface area contributed by atoms with Crippen molar-refractivity contribution in [3.05, 3.63) is 76.3 Å². The van der Waals surface area contributed by atoms with Gasteiger partial charge in [0.1, 0.15) is 11.0 Å². The number of hydrogen-bond acceptors (Lipinski definition) is 4. The zero-order chi connectivity index (χ0) is 24.9. The van der Waals surface area contributed by atoms with Gasteiger partial charge in [-0.1, -0.05) is 29.8 Å². The average molecular weight is 498 g/mol. The van der Waals surface area contributed by atoms with E-state index in [1.54, 1.807) is 26.0 Å². The number of carbonyl (C=O) groups excluding carboxylic acids is 2. The molecule has 1 aliphatic rings. The largest absolute Gasteiger partial charge is 0.371 e. The van der Waals surface area contributed by atoms with Crippen molar-refractivity contribution in [3.8, 4) is 0 Å². The highest BCUT2D eigenvalue weighted by Gasteiger charge is 2.22. The molecule has 1 saturated heterocycles. The van der Waals surface area contributed by atoms with Crippen molar-refractivity contribution in [2.45, 2.75) is 45.7 Å². The minimum absolute atomic E-state index is 0.111. The Balaban J connectivity index is 1.34. The summed E-state index contributed by atoms with van der Waals surface area (Å²) in [6, 6.07) is 13.4. The number of halogens is 2. The van der Waals surface area contributed by atoms with Gasteiger partial charge in [0.05, 0.1) is 17.8 Å². The van der Waals surface area contributed by atoms with Crippen LogP contribution in [0.5, 0.6) is 0 Å². The van der Waals surface area contributed by atoms with Crippen LogP contribution in [0.3, 0.4) is 0 Å². The van der Waals surface area contributed by atoms with Gasteiger partial charge in [-0.15, -0.1) is 0 Å². The number of aryl methyl sites for hydroxylation is 1. The molecule has 1 aliphatic heterocycles. The van der Waals surface area contributed by atoms with E-state index in [4.69, 9.17) is 11.6 Å². The second-order valence-corrected chi connectivity index (χ2v) is 9.26. The van der Waals surface area contributed by atoms with E-state index >= 15 is 0 Å². The Hall–Kier alpha value is -3.39. The number of amides is 2. The summed E-state index contributed by atoms with van der Waals surface area (Å²) in [6.45, 7) is 5.84. The lowest BCUT2D eigenvalue weighted by Crippen LogP contribution is -2.35.